The van der Waals surface area contributed by atoms with Gasteiger partial charge in [-0.15, -0.1) is 24.0 Å². The topological polar surface area (TPSA) is 36.4 Å². The van der Waals surface area contributed by atoms with Crippen molar-refractivity contribution in [3.05, 3.63) is 58.0 Å². The molecule has 2 N–H and O–H groups in total. The average molecular weight is 419 g/mol. The van der Waals surface area contributed by atoms with Crippen LogP contribution in [-0.4, -0.2) is 12.5 Å². The van der Waals surface area contributed by atoms with Crippen LogP contribution in [0.2, 0.25) is 0 Å². The van der Waals surface area contributed by atoms with E-state index in [0.29, 0.717) is 13.1 Å². The van der Waals surface area contributed by atoms with Gasteiger partial charge in [-0.3, -0.25) is 0 Å². The van der Waals surface area contributed by atoms with Crippen molar-refractivity contribution >= 4 is 41.3 Å². The Labute approximate surface area is 145 Å². The van der Waals surface area contributed by atoms with Crippen LogP contribution in [0.5, 0.6) is 0 Å². The summed E-state index contributed by atoms with van der Waals surface area (Å²) in [7, 11) is 0. The van der Waals surface area contributed by atoms with E-state index >= 15 is 0 Å². The average Bonchev–Trinajstić information content (AvgIpc) is 2.95. The lowest BCUT2D eigenvalue weighted by molar-refractivity contribution is 0.624. The van der Waals surface area contributed by atoms with Crippen LogP contribution in [0.25, 0.3) is 0 Å². The quantitative estimate of drug-likeness (QED) is 0.440. The molecule has 114 valence electrons. The summed E-state index contributed by atoms with van der Waals surface area (Å²) in [5.74, 6) is 0.521. The summed E-state index contributed by atoms with van der Waals surface area (Å²) in [6, 6.07) is 8.62. The van der Waals surface area contributed by atoms with Crippen LogP contribution in [0.4, 0.5) is 4.39 Å². The summed E-state index contributed by atoms with van der Waals surface area (Å²) in [6.45, 7) is 4.00. The third-order valence-corrected chi connectivity index (χ3v) is 3.43. The Morgan fingerprint density at radius 1 is 1.24 bits per heavy atom. The van der Waals surface area contributed by atoms with Gasteiger partial charge < -0.3 is 10.6 Å². The first-order valence-electron chi connectivity index (χ1n) is 6.55. The van der Waals surface area contributed by atoms with Gasteiger partial charge in [0.1, 0.15) is 5.82 Å². The monoisotopic (exact) mass is 419 g/mol. The molecule has 0 atom stereocenters. The van der Waals surface area contributed by atoms with Crippen LogP contribution in [-0.2, 0) is 13.1 Å². The minimum Gasteiger partial charge on any atom is -0.357 e. The van der Waals surface area contributed by atoms with E-state index in [1.165, 1.54) is 17.7 Å². The van der Waals surface area contributed by atoms with E-state index in [4.69, 9.17) is 0 Å². The normalized spacial score (nSPS) is 10.9. The SMILES string of the molecule is CCNC(=NCc1ccsc1)NCc1cccc(F)c1.I. The standard InChI is InChI=1S/C15H18FN3S.HI/c1-2-17-15(19-10-13-6-7-20-11-13)18-9-12-4-3-5-14(16)8-12;/h3-8,11H,2,9-10H2,1H3,(H2,17,18,19);1H. The molecule has 1 heterocycles. The number of hydrogen-bond donors (Lipinski definition) is 2. The second kappa shape index (κ2) is 9.73. The lowest BCUT2D eigenvalue weighted by Crippen LogP contribution is -2.36. The van der Waals surface area contributed by atoms with Crippen LogP contribution in [0.3, 0.4) is 0 Å². The highest BCUT2D eigenvalue weighted by molar-refractivity contribution is 14.0. The zero-order valence-corrected chi connectivity index (χ0v) is 15.0. The van der Waals surface area contributed by atoms with Crippen molar-refractivity contribution in [1.29, 1.82) is 0 Å². The fourth-order valence-corrected chi connectivity index (χ4v) is 2.39. The second-order valence-electron chi connectivity index (χ2n) is 4.31. The van der Waals surface area contributed by atoms with Crippen LogP contribution < -0.4 is 10.6 Å². The van der Waals surface area contributed by atoms with Gasteiger partial charge in [-0.1, -0.05) is 12.1 Å². The first-order valence-corrected chi connectivity index (χ1v) is 7.50. The summed E-state index contributed by atoms with van der Waals surface area (Å²) >= 11 is 1.66. The predicted octanol–water partition coefficient (Wildman–Crippen LogP) is 3.76. The van der Waals surface area contributed by atoms with Gasteiger partial charge >= 0.3 is 0 Å². The van der Waals surface area contributed by atoms with E-state index in [9.17, 15) is 4.39 Å². The number of halogens is 2. The summed E-state index contributed by atoms with van der Waals surface area (Å²) in [5, 5.41) is 10.5. The molecule has 2 rings (SSSR count). The number of rotatable bonds is 5. The number of nitrogens with zero attached hydrogens (tertiary/aromatic N) is 1. The molecule has 0 amide bonds. The maximum absolute atomic E-state index is 13.1. The smallest absolute Gasteiger partial charge is 0.191 e. The molecule has 0 bridgehead atoms. The molecule has 1 aromatic carbocycles. The van der Waals surface area contributed by atoms with E-state index in [-0.39, 0.29) is 29.8 Å². The van der Waals surface area contributed by atoms with Gasteiger partial charge in [-0.25, -0.2) is 9.38 Å². The Morgan fingerprint density at radius 2 is 2.10 bits per heavy atom. The van der Waals surface area contributed by atoms with Crippen molar-refractivity contribution in [2.45, 2.75) is 20.0 Å². The Hall–Kier alpha value is -1.15. The summed E-state index contributed by atoms with van der Waals surface area (Å²) in [5.41, 5.74) is 2.09. The van der Waals surface area contributed by atoms with E-state index in [2.05, 4.69) is 27.1 Å². The maximum atomic E-state index is 13.1. The number of benzene rings is 1. The highest BCUT2D eigenvalue weighted by Crippen LogP contribution is 2.07. The number of aliphatic imine (C=N–C) groups is 1. The summed E-state index contributed by atoms with van der Waals surface area (Å²) in [6.07, 6.45) is 0. The van der Waals surface area contributed by atoms with E-state index in [1.54, 1.807) is 17.4 Å². The molecule has 0 saturated carbocycles. The van der Waals surface area contributed by atoms with Gasteiger partial charge in [0.25, 0.3) is 0 Å². The molecule has 0 aliphatic carbocycles. The second-order valence-corrected chi connectivity index (χ2v) is 5.09. The Balaban J connectivity index is 0.00000220. The van der Waals surface area contributed by atoms with Crippen LogP contribution in [0, 0.1) is 5.82 Å². The third-order valence-electron chi connectivity index (χ3n) is 2.69. The number of guanidine groups is 1. The Kier molecular flexibility index (Phi) is 8.29. The zero-order chi connectivity index (χ0) is 14.2. The largest absolute Gasteiger partial charge is 0.357 e. The van der Waals surface area contributed by atoms with E-state index in [0.717, 1.165) is 18.1 Å². The minimum atomic E-state index is -0.218. The van der Waals surface area contributed by atoms with E-state index in [1.807, 2.05) is 18.4 Å². The van der Waals surface area contributed by atoms with Crippen LogP contribution in [0.15, 0.2) is 46.1 Å². The zero-order valence-electron chi connectivity index (χ0n) is 11.8. The molecule has 0 unspecified atom stereocenters. The molecule has 0 radical (unpaired) electrons. The summed E-state index contributed by atoms with van der Waals surface area (Å²) in [4.78, 5) is 4.50. The molecule has 0 spiro atoms. The third kappa shape index (κ3) is 6.43. The Morgan fingerprint density at radius 3 is 2.76 bits per heavy atom. The molecule has 1 aromatic heterocycles. The van der Waals surface area contributed by atoms with Crippen molar-refractivity contribution in [2.75, 3.05) is 6.54 Å². The number of thiophene rings is 1. The molecule has 3 nitrogen and oxygen atoms in total. The number of nitrogens with one attached hydrogen (secondary N) is 2. The highest BCUT2D eigenvalue weighted by atomic mass is 127. The van der Waals surface area contributed by atoms with Crippen molar-refractivity contribution in [2.24, 2.45) is 4.99 Å². The maximum Gasteiger partial charge on any atom is 0.191 e. The van der Waals surface area contributed by atoms with Crippen molar-refractivity contribution in [3.8, 4) is 0 Å². The molecular weight excluding hydrogens is 400 g/mol. The molecule has 21 heavy (non-hydrogen) atoms. The van der Waals surface area contributed by atoms with Crippen LogP contribution >= 0.6 is 35.3 Å². The van der Waals surface area contributed by atoms with Gasteiger partial charge in [-0.05, 0) is 47.0 Å². The van der Waals surface area contributed by atoms with Crippen LogP contribution in [0.1, 0.15) is 18.1 Å². The molecule has 6 heteroatoms. The minimum absolute atomic E-state index is 0. The van der Waals surface area contributed by atoms with Crippen molar-refractivity contribution in [3.63, 3.8) is 0 Å². The fourth-order valence-electron chi connectivity index (χ4n) is 1.73. The summed E-state index contributed by atoms with van der Waals surface area (Å²) < 4.78 is 13.1. The number of hydrogen-bond acceptors (Lipinski definition) is 2. The predicted molar refractivity (Wildman–Crippen MR) is 97.8 cm³/mol. The molecule has 0 saturated heterocycles. The van der Waals surface area contributed by atoms with Gasteiger partial charge in [0.05, 0.1) is 6.54 Å². The van der Waals surface area contributed by atoms with Gasteiger partial charge in [0, 0.05) is 13.1 Å². The van der Waals surface area contributed by atoms with Gasteiger partial charge in [0.15, 0.2) is 5.96 Å². The fraction of sp³-hybridized carbons (Fsp3) is 0.267. The molecule has 2 aromatic rings. The molecule has 0 aliphatic rings. The lowest BCUT2D eigenvalue weighted by Gasteiger charge is -2.11. The van der Waals surface area contributed by atoms with E-state index < -0.39 is 0 Å². The molecule has 0 fully saturated rings. The van der Waals surface area contributed by atoms with Crippen molar-refractivity contribution < 1.29 is 4.39 Å². The molecule has 0 aliphatic heterocycles. The van der Waals surface area contributed by atoms with Gasteiger partial charge in [0.2, 0.25) is 0 Å². The van der Waals surface area contributed by atoms with Gasteiger partial charge in [-0.2, -0.15) is 11.3 Å². The first kappa shape index (κ1) is 17.9. The Bertz CT molecular complexity index is 558. The first-order chi connectivity index (χ1) is 9.78. The highest BCUT2D eigenvalue weighted by Gasteiger charge is 1.99. The molecular formula is C15H19FIN3S. The van der Waals surface area contributed by atoms with Crippen molar-refractivity contribution in [1.82, 2.24) is 10.6 Å². The lowest BCUT2D eigenvalue weighted by atomic mass is 10.2.